The Morgan fingerprint density at radius 2 is 1.90 bits per heavy atom. The fourth-order valence-corrected chi connectivity index (χ4v) is 3.68. The Labute approximate surface area is 174 Å². The molecule has 1 saturated heterocycles. The van der Waals surface area contributed by atoms with E-state index in [0.29, 0.717) is 48.5 Å². The minimum Gasteiger partial charge on any atom is -0.362 e. The largest absolute Gasteiger partial charge is 0.362 e. The van der Waals surface area contributed by atoms with Crippen molar-refractivity contribution in [3.8, 4) is 0 Å². The van der Waals surface area contributed by atoms with E-state index in [4.69, 9.17) is 11.6 Å². The molecule has 0 saturated carbocycles. The van der Waals surface area contributed by atoms with Gasteiger partial charge in [-0.15, -0.1) is 0 Å². The summed E-state index contributed by atoms with van der Waals surface area (Å²) in [7, 11) is 0. The monoisotopic (exact) mass is 435 g/mol. The minimum atomic E-state index is -2.72. The predicted molar refractivity (Wildman–Crippen MR) is 107 cm³/mol. The van der Waals surface area contributed by atoms with Gasteiger partial charge in [-0.1, -0.05) is 11.6 Å². The number of carbonyl (C=O) groups is 1. The average Bonchev–Trinajstić information content (AvgIpc) is 3.17. The van der Waals surface area contributed by atoms with Crippen LogP contribution in [0.25, 0.3) is 11.0 Å². The van der Waals surface area contributed by atoms with Gasteiger partial charge in [0.05, 0.1) is 16.0 Å². The molecule has 3 aromatic rings. The maximum atomic E-state index is 12.8. The highest BCUT2D eigenvalue weighted by Crippen LogP contribution is 2.32. The smallest absolute Gasteiger partial charge is 0.295 e. The standard InChI is InChI=1S/C19H16ClF2N5O3/c20-12-2-4-15(16(10-12)27(29)30)25-5-7-26(8-6-25)19(28)11-1-3-13-14(9-11)24-18(23-13)17(21)22/h1-4,9-10,17H,5-8H2,(H,23,24). The van der Waals surface area contributed by atoms with Crippen LogP contribution < -0.4 is 4.90 Å². The number of anilines is 1. The summed E-state index contributed by atoms with van der Waals surface area (Å²) in [6.07, 6.45) is -2.72. The van der Waals surface area contributed by atoms with Crippen molar-refractivity contribution in [2.45, 2.75) is 6.43 Å². The number of benzene rings is 2. The molecule has 0 spiro atoms. The van der Waals surface area contributed by atoms with Crippen molar-refractivity contribution in [1.29, 1.82) is 0 Å². The molecule has 8 nitrogen and oxygen atoms in total. The minimum absolute atomic E-state index is 0.0817. The molecule has 0 atom stereocenters. The number of amides is 1. The summed E-state index contributed by atoms with van der Waals surface area (Å²) >= 11 is 5.87. The van der Waals surface area contributed by atoms with E-state index in [1.54, 1.807) is 23.1 Å². The number of piperazine rings is 1. The van der Waals surface area contributed by atoms with Gasteiger partial charge in [0.15, 0.2) is 5.82 Å². The summed E-state index contributed by atoms with van der Waals surface area (Å²) in [5.41, 5.74) is 1.46. The molecular weight excluding hydrogens is 420 g/mol. The van der Waals surface area contributed by atoms with Gasteiger partial charge < -0.3 is 14.8 Å². The third-order valence-corrected chi connectivity index (χ3v) is 5.23. The van der Waals surface area contributed by atoms with Crippen molar-refractivity contribution in [2.24, 2.45) is 0 Å². The molecule has 2 aromatic carbocycles. The van der Waals surface area contributed by atoms with Gasteiger partial charge in [-0.3, -0.25) is 14.9 Å². The van der Waals surface area contributed by atoms with E-state index in [1.165, 1.54) is 18.2 Å². The van der Waals surface area contributed by atoms with Gasteiger partial charge in [-0.05, 0) is 30.3 Å². The molecule has 1 N–H and O–H groups in total. The maximum Gasteiger partial charge on any atom is 0.295 e. The van der Waals surface area contributed by atoms with Gasteiger partial charge in [0, 0.05) is 42.8 Å². The summed E-state index contributed by atoms with van der Waals surface area (Å²) in [5, 5.41) is 11.6. The van der Waals surface area contributed by atoms with Gasteiger partial charge in [0.2, 0.25) is 0 Å². The van der Waals surface area contributed by atoms with E-state index < -0.39 is 17.2 Å². The molecule has 0 unspecified atom stereocenters. The Kier molecular flexibility index (Phi) is 5.25. The van der Waals surface area contributed by atoms with Crippen LogP contribution in [0.3, 0.4) is 0 Å². The number of nitro benzene ring substituents is 1. The summed E-state index contributed by atoms with van der Waals surface area (Å²) in [5.74, 6) is -0.678. The summed E-state index contributed by atoms with van der Waals surface area (Å²) < 4.78 is 25.6. The molecule has 0 radical (unpaired) electrons. The zero-order valence-corrected chi connectivity index (χ0v) is 16.3. The molecule has 2 heterocycles. The first kappa shape index (κ1) is 20.0. The van der Waals surface area contributed by atoms with Gasteiger partial charge in [-0.25, -0.2) is 13.8 Å². The molecule has 0 bridgehead atoms. The number of aromatic amines is 1. The second-order valence-corrected chi connectivity index (χ2v) is 7.26. The van der Waals surface area contributed by atoms with Crippen LogP contribution >= 0.6 is 11.6 Å². The Balaban J connectivity index is 1.48. The number of carbonyl (C=O) groups excluding carboxylic acids is 1. The first-order chi connectivity index (χ1) is 14.3. The number of alkyl halides is 2. The molecule has 1 aliphatic heterocycles. The van der Waals surface area contributed by atoms with Crippen LogP contribution in [0.4, 0.5) is 20.2 Å². The highest BCUT2D eigenvalue weighted by molar-refractivity contribution is 6.30. The highest BCUT2D eigenvalue weighted by atomic mass is 35.5. The Morgan fingerprint density at radius 1 is 1.17 bits per heavy atom. The van der Waals surface area contributed by atoms with Crippen molar-refractivity contribution < 1.29 is 18.5 Å². The molecule has 0 aliphatic carbocycles. The van der Waals surface area contributed by atoms with E-state index in [2.05, 4.69) is 9.97 Å². The zero-order chi connectivity index (χ0) is 21.4. The Hall–Kier alpha value is -3.27. The van der Waals surface area contributed by atoms with Crippen molar-refractivity contribution in [3.05, 3.63) is 62.9 Å². The average molecular weight is 436 g/mol. The van der Waals surface area contributed by atoms with Crippen LogP contribution in [0.5, 0.6) is 0 Å². The van der Waals surface area contributed by atoms with Gasteiger partial charge in [0.1, 0.15) is 5.69 Å². The van der Waals surface area contributed by atoms with Crippen molar-refractivity contribution in [1.82, 2.24) is 14.9 Å². The molecule has 1 aliphatic rings. The summed E-state index contributed by atoms with van der Waals surface area (Å²) in [6, 6.07) is 9.09. The third-order valence-electron chi connectivity index (χ3n) is 5.00. The molecule has 156 valence electrons. The summed E-state index contributed by atoms with van der Waals surface area (Å²) in [6.45, 7) is 1.55. The number of nitrogens with one attached hydrogen (secondary N) is 1. The molecule has 1 aromatic heterocycles. The zero-order valence-electron chi connectivity index (χ0n) is 15.5. The molecule has 1 fully saturated rings. The summed E-state index contributed by atoms with van der Waals surface area (Å²) in [4.78, 5) is 33.5. The number of nitrogens with zero attached hydrogens (tertiary/aromatic N) is 4. The van der Waals surface area contributed by atoms with E-state index in [-0.39, 0.29) is 16.6 Å². The second-order valence-electron chi connectivity index (χ2n) is 6.82. The quantitative estimate of drug-likeness (QED) is 0.493. The van der Waals surface area contributed by atoms with E-state index in [1.807, 2.05) is 4.90 Å². The number of nitro groups is 1. The number of hydrogen-bond donors (Lipinski definition) is 1. The molecule has 11 heteroatoms. The second kappa shape index (κ2) is 7.86. The van der Waals surface area contributed by atoms with Crippen LogP contribution in [0.1, 0.15) is 22.6 Å². The lowest BCUT2D eigenvalue weighted by Gasteiger charge is -2.35. The molecule has 4 rings (SSSR count). The van der Waals surface area contributed by atoms with Crippen molar-refractivity contribution in [3.63, 3.8) is 0 Å². The highest BCUT2D eigenvalue weighted by Gasteiger charge is 2.27. The number of imidazole rings is 1. The van der Waals surface area contributed by atoms with Crippen LogP contribution in [-0.4, -0.2) is 51.9 Å². The molecule has 30 heavy (non-hydrogen) atoms. The Morgan fingerprint density at radius 3 is 2.57 bits per heavy atom. The number of H-pyrrole nitrogens is 1. The predicted octanol–water partition coefficient (Wildman–Crippen LogP) is 4.02. The van der Waals surface area contributed by atoms with Gasteiger partial charge >= 0.3 is 0 Å². The topological polar surface area (TPSA) is 95.4 Å². The maximum absolute atomic E-state index is 12.8. The van der Waals surface area contributed by atoms with Crippen LogP contribution in [0.2, 0.25) is 5.02 Å². The molecular formula is C19H16ClF2N5O3. The first-order valence-electron chi connectivity index (χ1n) is 9.09. The number of fused-ring (bicyclic) bond motifs is 1. The normalized spacial score (nSPS) is 14.5. The lowest BCUT2D eigenvalue weighted by atomic mass is 10.1. The van der Waals surface area contributed by atoms with E-state index >= 15 is 0 Å². The lowest BCUT2D eigenvalue weighted by Crippen LogP contribution is -2.49. The third kappa shape index (κ3) is 3.78. The first-order valence-corrected chi connectivity index (χ1v) is 9.47. The van der Waals surface area contributed by atoms with Gasteiger partial charge in [0.25, 0.3) is 18.0 Å². The number of hydrogen-bond acceptors (Lipinski definition) is 5. The van der Waals surface area contributed by atoms with Crippen LogP contribution in [0.15, 0.2) is 36.4 Å². The fourth-order valence-electron chi connectivity index (χ4n) is 3.51. The van der Waals surface area contributed by atoms with Gasteiger partial charge in [-0.2, -0.15) is 0 Å². The fraction of sp³-hybridized carbons (Fsp3) is 0.263. The molecule has 1 amide bonds. The number of aromatic nitrogens is 2. The van der Waals surface area contributed by atoms with Crippen LogP contribution in [0, 0.1) is 10.1 Å². The van der Waals surface area contributed by atoms with Crippen LogP contribution in [-0.2, 0) is 0 Å². The van der Waals surface area contributed by atoms with Crippen molar-refractivity contribution >= 4 is 39.9 Å². The Bertz CT molecular complexity index is 1130. The lowest BCUT2D eigenvalue weighted by molar-refractivity contribution is -0.384. The number of rotatable bonds is 4. The van der Waals surface area contributed by atoms with E-state index in [0.717, 1.165) is 0 Å². The van der Waals surface area contributed by atoms with E-state index in [9.17, 15) is 23.7 Å². The SMILES string of the molecule is O=C(c1ccc2nc(C(F)F)[nH]c2c1)N1CCN(c2ccc(Cl)cc2[N+](=O)[O-])CC1. The number of halogens is 3. The van der Waals surface area contributed by atoms with Crippen molar-refractivity contribution in [2.75, 3.05) is 31.1 Å².